The first-order valence-electron chi connectivity index (χ1n) is 6.27. The van der Waals surface area contributed by atoms with E-state index in [2.05, 4.69) is 23.6 Å². The van der Waals surface area contributed by atoms with Gasteiger partial charge in [-0.05, 0) is 49.5 Å². The first-order valence-corrected chi connectivity index (χ1v) is 6.65. The highest BCUT2D eigenvalue weighted by Crippen LogP contribution is 2.29. The fourth-order valence-corrected chi connectivity index (χ4v) is 2.45. The van der Waals surface area contributed by atoms with Crippen molar-refractivity contribution in [2.24, 2.45) is 5.41 Å². The van der Waals surface area contributed by atoms with Gasteiger partial charge < -0.3 is 10.6 Å². The summed E-state index contributed by atoms with van der Waals surface area (Å²) in [5, 5.41) is 16.5. The van der Waals surface area contributed by atoms with Crippen molar-refractivity contribution in [1.82, 2.24) is 5.32 Å². The van der Waals surface area contributed by atoms with Crippen molar-refractivity contribution in [3.8, 4) is 6.07 Å². The van der Waals surface area contributed by atoms with E-state index in [0.29, 0.717) is 16.0 Å². The van der Waals surface area contributed by atoms with Crippen molar-refractivity contribution in [2.45, 2.75) is 19.8 Å². The lowest BCUT2D eigenvalue weighted by Gasteiger charge is -2.34. The normalized spacial score (nSPS) is 18.1. The van der Waals surface area contributed by atoms with E-state index in [-0.39, 0.29) is 0 Å². The smallest absolute Gasteiger partial charge is 0.101 e. The zero-order chi connectivity index (χ0) is 13.0. The van der Waals surface area contributed by atoms with E-state index in [9.17, 15) is 0 Å². The average molecular weight is 264 g/mol. The molecule has 96 valence electrons. The monoisotopic (exact) mass is 263 g/mol. The molecule has 18 heavy (non-hydrogen) atoms. The number of hydrogen-bond donors (Lipinski definition) is 2. The lowest BCUT2D eigenvalue weighted by Crippen LogP contribution is -2.39. The number of anilines is 1. The fraction of sp³-hybridized carbons (Fsp3) is 0.500. The fourth-order valence-electron chi connectivity index (χ4n) is 2.28. The van der Waals surface area contributed by atoms with Gasteiger partial charge in [-0.1, -0.05) is 18.5 Å². The van der Waals surface area contributed by atoms with E-state index in [1.165, 1.54) is 0 Å². The molecular formula is C14H18ClN3. The van der Waals surface area contributed by atoms with E-state index in [0.717, 1.165) is 38.2 Å². The third-order valence-corrected chi connectivity index (χ3v) is 3.85. The Labute approximate surface area is 113 Å². The van der Waals surface area contributed by atoms with Crippen LogP contribution in [0.3, 0.4) is 0 Å². The van der Waals surface area contributed by atoms with Crippen molar-refractivity contribution in [3.63, 3.8) is 0 Å². The summed E-state index contributed by atoms with van der Waals surface area (Å²) in [5.41, 5.74) is 1.79. The number of benzene rings is 1. The number of rotatable bonds is 3. The maximum Gasteiger partial charge on any atom is 0.101 e. The van der Waals surface area contributed by atoms with Crippen LogP contribution in [0.2, 0.25) is 5.02 Å². The summed E-state index contributed by atoms with van der Waals surface area (Å²) >= 11 is 5.88. The van der Waals surface area contributed by atoms with Crippen molar-refractivity contribution < 1.29 is 0 Å². The molecule has 0 radical (unpaired) electrons. The highest BCUT2D eigenvalue weighted by molar-refractivity contribution is 6.30. The Bertz CT molecular complexity index is 459. The number of nitrogens with zero attached hydrogens (tertiary/aromatic N) is 1. The van der Waals surface area contributed by atoms with Gasteiger partial charge in [-0.2, -0.15) is 5.26 Å². The number of hydrogen-bond acceptors (Lipinski definition) is 3. The molecule has 0 spiro atoms. The van der Waals surface area contributed by atoms with Gasteiger partial charge >= 0.3 is 0 Å². The molecule has 3 nitrogen and oxygen atoms in total. The Morgan fingerprint density at radius 2 is 2.17 bits per heavy atom. The van der Waals surface area contributed by atoms with Crippen LogP contribution in [0.5, 0.6) is 0 Å². The van der Waals surface area contributed by atoms with Crippen molar-refractivity contribution >= 4 is 17.3 Å². The summed E-state index contributed by atoms with van der Waals surface area (Å²) in [6, 6.07) is 7.58. The molecule has 1 aromatic carbocycles. The third-order valence-electron chi connectivity index (χ3n) is 3.62. The predicted octanol–water partition coefficient (Wildman–Crippen LogP) is 3.01. The van der Waals surface area contributed by atoms with Crippen LogP contribution in [0.25, 0.3) is 0 Å². The first-order chi connectivity index (χ1) is 8.63. The summed E-state index contributed by atoms with van der Waals surface area (Å²) in [6.07, 6.45) is 2.32. The van der Waals surface area contributed by atoms with Crippen LogP contribution in [0, 0.1) is 16.7 Å². The largest absolute Gasteiger partial charge is 0.383 e. The molecule has 1 fully saturated rings. The molecule has 1 aromatic rings. The van der Waals surface area contributed by atoms with Gasteiger partial charge in [-0.15, -0.1) is 0 Å². The first kappa shape index (κ1) is 13.2. The number of halogens is 1. The number of piperidine rings is 1. The summed E-state index contributed by atoms with van der Waals surface area (Å²) in [6.45, 7) is 5.33. The van der Waals surface area contributed by atoms with Crippen LogP contribution in [0.4, 0.5) is 5.69 Å². The van der Waals surface area contributed by atoms with E-state index in [1.807, 2.05) is 12.1 Å². The highest BCUT2D eigenvalue weighted by atomic mass is 35.5. The van der Waals surface area contributed by atoms with Crippen LogP contribution < -0.4 is 10.6 Å². The minimum absolute atomic E-state index is 0.303. The molecule has 0 aromatic heterocycles. The van der Waals surface area contributed by atoms with Crippen LogP contribution >= 0.6 is 11.6 Å². The molecule has 0 atom stereocenters. The van der Waals surface area contributed by atoms with E-state index >= 15 is 0 Å². The maximum absolute atomic E-state index is 9.09. The van der Waals surface area contributed by atoms with Crippen molar-refractivity contribution in [3.05, 3.63) is 28.8 Å². The lowest BCUT2D eigenvalue weighted by atomic mass is 9.81. The third kappa shape index (κ3) is 3.16. The van der Waals surface area contributed by atoms with E-state index < -0.39 is 0 Å². The molecule has 1 aliphatic heterocycles. The van der Waals surface area contributed by atoms with Crippen LogP contribution in [0.1, 0.15) is 25.3 Å². The minimum Gasteiger partial charge on any atom is -0.383 e. The topological polar surface area (TPSA) is 47.9 Å². The van der Waals surface area contributed by atoms with Gasteiger partial charge in [0.05, 0.1) is 11.3 Å². The minimum atomic E-state index is 0.303. The quantitative estimate of drug-likeness (QED) is 0.881. The van der Waals surface area contributed by atoms with Crippen molar-refractivity contribution in [2.75, 3.05) is 25.0 Å². The number of nitriles is 1. The van der Waals surface area contributed by atoms with Crippen LogP contribution in [-0.4, -0.2) is 19.6 Å². The van der Waals surface area contributed by atoms with E-state index in [1.54, 1.807) is 6.07 Å². The second-order valence-corrected chi connectivity index (χ2v) is 5.65. The molecule has 2 rings (SSSR count). The van der Waals surface area contributed by atoms with E-state index in [4.69, 9.17) is 16.9 Å². The second-order valence-electron chi connectivity index (χ2n) is 5.22. The van der Waals surface area contributed by atoms with Gasteiger partial charge in [0.15, 0.2) is 0 Å². The zero-order valence-electron chi connectivity index (χ0n) is 10.6. The summed E-state index contributed by atoms with van der Waals surface area (Å²) in [5.74, 6) is 0. The van der Waals surface area contributed by atoms with Gasteiger partial charge in [-0.25, -0.2) is 0 Å². The average Bonchev–Trinajstić information content (AvgIpc) is 2.38. The molecule has 4 heteroatoms. The summed E-state index contributed by atoms with van der Waals surface area (Å²) in [7, 11) is 0. The van der Waals surface area contributed by atoms with Gasteiger partial charge in [0.25, 0.3) is 0 Å². The van der Waals surface area contributed by atoms with Gasteiger partial charge in [-0.3, -0.25) is 0 Å². The SMILES string of the molecule is CC1(CNc2ccc(Cl)cc2C#N)CCNCC1. The Kier molecular flexibility index (Phi) is 4.11. The Morgan fingerprint density at radius 3 is 2.83 bits per heavy atom. The predicted molar refractivity (Wildman–Crippen MR) is 74.9 cm³/mol. The molecule has 1 heterocycles. The second kappa shape index (κ2) is 5.60. The standard InChI is InChI=1S/C14H18ClN3/c1-14(4-6-17-7-5-14)10-18-13-3-2-12(15)8-11(13)9-16/h2-3,8,17-18H,4-7,10H2,1H3. The summed E-state index contributed by atoms with van der Waals surface area (Å²) < 4.78 is 0. The maximum atomic E-state index is 9.09. The molecule has 0 saturated carbocycles. The molecule has 0 bridgehead atoms. The van der Waals surface area contributed by atoms with Gasteiger partial charge in [0, 0.05) is 11.6 Å². The van der Waals surface area contributed by atoms with Gasteiger partial charge in [0.2, 0.25) is 0 Å². The number of nitrogens with one attached hydrogen (secondary N) is 2. The zero-order valence-corrected chi connectivity index (χ0v) is 11.3. The molecule has 0 amide bonds. The summed E-state index contributed by atoms with van der Waals surface area (Å²) in [4.78, 5) is 0. The lowest BCUT2D eigenvalue weighted by molar-refractivity contribution is 0.247. The van der Waals surface area contributed by atoms with Crippen LogP contribution in [0.15, 0.2) is 18.2 Å². The molecule has 0 unspecified atom stereocenters. The van der Waals surface area contributed by atoms with Gasteiger partial charge in [0.1, 0.15) is 6.07 Å². The Balaban J connectivity index is 2.04. The molecule has 0 aliphatic carbocycles. The van der Waals surface area contributed by atoms with Crippen LogP contribution in [-0.2, 0) is 0 Å². The molecule has 2 N–H and O–H groups in total. The highest BCUT2D eigenvalue weighted by Gasteiger charge is 2.26. The Hall–Kier alpha value is -1.24. The molecular weight excluding hydrogens is 246 g/mol. The van der Waals surface area contributed by atoms with Crippen molar-refractivity contribution in [1.29, 1.82) is 5.26 Å². The molecule has 1 saturated heterocycles. The molecule has 1 aliphatic rings. The Morgan fingerprint density at radius 1 is 1.44 bits per heavy atom.